The molecule has 1 aromatic heterocycles. The fourth-order valence-corrected chi connectivity index (χ4v) is 2.08. The lowest BCUT2D eigenvalue weighted by molar-refractivity contribution is 0.0900. The van der Waals surface area contributed by atoms with E-state index in [1.54, 1.807) is 0 Å². The van der Waals surface area contributed by atoms with Crippen molar-refractivity contribution in [3.05, 3.63) is 58.3 Å². The maximum atomic E-state index is 12.9. The fraction of sp³-hybridized carbons (Fsp3) is 0.267. The Morgan fingerprint density at radius 1 is 1.27 bits per heavy atom. The van der Waals surface area contributed by atoms with Crippen LogP contribution in [0.15, 0.2) is 41.2 Å². The van der Waals surface area contributed by atoms with E-state index in [9.17, 15) is 19.1 Å². The Labute approximate surface area is 125 Å². The molecule has 0 spiro atoms. The number of aliphatic hydroxyl groups is 1. The number of nitrogens with one attached hydrogen (secondary N) is 1. The van der Waals surface area contributed by atoms with Gasteiger partial charge in [-0.1, -0.05) is 0 Å². The Bertz CT molecular complexity index is 766. The first-order valence-electron chi connectivity index (χ1n) is 6.83. The lowest BCUT2D eigenvalue weighted by atomic mass is 10.2. The molecule has 0 saturated heterocycles. The summed E-state index contributed by atoms with van der Waals surface area (Å²) in [5.41, 5.74) is -0.560. The summed E-state index contributed by atoms with van der Waals surface area (Å²) < 4.78 is 14.0. The van der Waals surface area contributed by atoms with Crippen LogP contribution in [0.2, 0.25) is 0 Å². The van der Waals surface area contributed by atoms with E-state index >= 15 is 0 Å². The molecular formula is C15H14FN3O3. The molecule has 1 aliphatic carbocycles. The highest BCUT2D eigenvalue weighted by atomic mass is 19.1. The van der Waals surface area contributed by atoms with E-state index in [2.05, 4.69) is 10.4 Å². The molecule has 6 nitrogen and oxygen atoms in total. The molecule has 0 unspecified atom stereocenters. The van der Waals surface area contributed by atoms with Crippen LogP contribution in [0.3, 0.4) is 0 Å². The normalized spacial score (nSPS) is 15.4. The number of carbonyl (C=O) groups is 1. The maximum Gasteiger partial charge on any atom is 0.272 e. The topological polar surface area (TPSA) is 84.2 Å². The van der Waals surface area contributed by atoms with Crippen LogP contribution in [-0.4, -0.2) is 32.9 Å². The summed E-state index contributed by atoms with van der Waals surface area (Å²) in [4.78, 5) is 24.0. The molecular weight excluding hydrogens is 289 g/mol. The highest BCUT2D eigenvalue weighted by molar-refractivity contribution is 5.92. The first-order valence-corrected chi connectivity index (χ1v) is 6.83. The maximum absolute atomic E-state index is 12.9. The zero-order chi connectivity index (χ0) is 15.7. The minimum absolute atomic E-state index is 0.0589. The van der Waals surface area contributed by atoms with Gasteiger partial charge in [0, 0.05) is 6.07 Å². The Hall–Kier alpha value is -2.54. The summed E-state index contributed by atoms with van der Waals surface area (Å²) in [5.74, 6) is -0.883. The molecule has 7 heteroatoms. The van der Waals surface area contributed by atoms with Crippen molar-refractivity contribution in [3.63, 3.8) is 0 Å². The number of nitrogens with zero attached hydrogens (tertiary/aromatic N) is 2. The van der Waals surface area contributed by atoms with E-state index in [1.165, 1.54) is 36.4 Å². The van der Waals surface area contributed by atoms with E-state index in [-0.39, 0.29) is 12.3 Å². The Morgan fingerprint density at radius 2 is 1.95 bits per heavy atom. The third kappa shape index (κ3) is 2.75. The number of aliphatic hydroxyl groups excluding tert-OH is 1. The molecule has 2 N–H and O–H groups in total. The monoisotopic (exact) mass is 303 g/mol. The number of hydrogen-bond donors (Lipinski definition) is 2. The highest BCUT2D eigenvalue weighted by Crippen LogP contribution is 2.34. The largest absolute Gasteiger partial charge is 0.394 e. The predicted molar refractivity (Wildman–Crippen MR) is 76.3 cm³/mol. The second-order valence-corrected chi connectivity index (χ2v) is 5.34. The minimum Gasteiger partial charge on any atom is -0.394 e. The van der Waals surface area contributed by atoms with Gasteiger partial charge < -0.3 is 10.4 Å². The van der Waals surface area contributed by atoms with Crippen molar-refractivity contribution < 1.29 is 14.3 Å². The molecule has 1 aliphatic rings. The van der Waals surface area contributed by atoms with Crippen LogP contribution in [0.1, 0.15) is 23.3 Å². The van der Waals surface area contributed by atoms with E-state index in [1.807, 2.05) is 0 Å². The van der Waals surface area contributed by atoms with Crippen LogP contribution in [0, 0.1) is 5.82 Å². The van der Waals surface area contributed by atoms with Gasteiger partial charge in [0.05, 0.1) is 17.8 Å². The number of aromatic nitrogens is 2. The number of rotatable bonds is 4. The third-order valence-electron chi connectivity index (χ3n) is 3.64. The van der Waals surface area contributed by atoms with Crippen LogP contribution < -0.4 is 10.9 Å². The molecule has 0 atom stereocenters. The van der Waals surface area contributed by atoms with Gasteiger partial charge in [-0.15, -0.1) is 0 Å². The van der Waals surface area contributed by atoms with Gasteiger partial charge in [0.15, 0.2) is 0 Å². The minimum atomic E-state index is -0.560. The Kier molecular flexibility index (Phi) is 3.50. The lowest BCUT2D eigenvalue weighted by Gasteiger charge is -2.14. The molecule has 1 saturated carbocycles. The number of carbonyl (C=O) groups excluding carboxylic acids is 1. The fourth-order valence-electron chi connectivity index (χ4n) is 2.08. The van der Waals surface area contributed by atoms with Crippen LogP contribution in [0.5, 0.6) is 0 Å². The summed E-state index contributed by atoms with van der Waals surface area (Å²) in [6.45, 7) is -0.129. The summed E-state index contributed by atoms with van der Waals surface area (Å²) in [7, 11) is 0. The number of amides is 1. The number of halogens is 1. The summed E-state index contributed by atoms with van der Waals surface area (Å²) in [5, 5.41) is 15.9. The van der Waals surface area contributed by atoms with Crippen molar-refractivity contribution in [2.24, 2.45) is 0 Å². The van der Waals surface area contributed by atoms with Gasteiger partial charge in [-0.3, -0.25) is 9.59 Å². The first-order chi connectivity index (χ1) is 10.5. The molecule has 1 heterocycles. The van der Waals surface area contributed by atoms with E-state index in [0.29, 0.717) is 18.5 Å². The van der Waals surface area contributed by atoms with Gasteiger partial charge in [0.1, 0.15) is 11.5 Å². The highest BCUT2D eigenvalue weighted by Gasteiger charge is 2.43. The van der Waals surface area contributed by atoms with Crippen LogP contribution in [-0.2, 0) is 0 Å². The molecule has 3 rings (SSSR count). The van der Waals surface area contributed by atoms with Gasteiger partial charge in [0.2, 0.25) is 0 Å². The van der Waals surface area contributed by atoms with Gasteiger partial charge in [0.25, 0.3) is 11.5 Å². The molecule has 0 bridgehead atoms. The number of hydrogen-bond acceptors (Lipinski definition) is 4. The van der Waals surface area contributed by atoms with Gasteiger partial charge >= 0.3 is 0 Å². The van der Waals surface area contributed by atoms with Gasteiger partial charge in [-0.25, -0.2) is 4.39 Å². The molecule has 1 fully saturated rings. The van der Waals surface area contributed by atoms with Crippen LogP contribution in [0.25, 0.3) is 5.69 Å². The Morgan fingerprint density at radius 3 is 2.55 bits per heavy atom. The molecule has 114 valence electrons. The smallest absolute Gasteiger partial charge is 0.272 e. The molecule has 22 heavy (non-hydrogen) atoms. The van der Waals surface area contributed by atoms with Crippen molar-refractivity contribution in [3.8, 4) is 5.69 Å². The standard InChI is InChI=1S/C15H14FN3O3/c16-10-1-3-11(4-2-10)19-13(21)6-5-12(18-19)14(22)17-15(9-20)7-8-15/h1-6,20H,7-9H2,(H,17,22). The number of benzene rings is 1. The van der Waals surface area contributed by atoms with Crippen molar-refractivity contribution in [1.82, 2.24) is 15.1 Å². The molecule has 1 amide bonds. The molecule has 1 aromatic carbocycles. The molecule has 0 aliphatic heterocycles. The van der Waals surface area contributed by atoms with E-state index in [0.717, 1.165) is 4.68 Å². The second kappa shape index (κ2) is 5.34. The van der Waals surface area contributed by atoms with Crippen LogP contribution in [0.4, 0.5) is 4.39 Å². The third-order valence-corrected chi connectivity index (χ3v) is 3.64. The zero-order valence-electron chi connectivity index (χ0n) is 11.6. The van der Waals surface area contributed by atoms with Crippen molar-refractivity contribution in [1.29, 1.82) is 0 Å². The van der Waals surface area contributed by atoms with Crippen LogP contribution >= 0.6 is 0 Å². The Balaban J connectivity index is 1.91. The molecule has 2 aromatic rings. The summed E-state index contributed by atoms with van der Waals surface area (Å²) >= 11 is 0. The van der Waals surface area contributed by atoms with Gasteiger partial charge in [-0.05, 0) is 43.2 Å². The van der Waals surface area contributed by atoms with E-state index < -0.39 is 22.8 Å². The average molecular weight is 303 g/mol. The SMILES string of the molecule is O=C(NC1(CO)CC1)c1ccc(=O)n(-c2ccc(F)cc2)n1. The van der Waals surface area contributed by atoms with Crippen molar-refractivity contribution in [2.75, 3.05) is 6.61 Å². The average Bonchev–Trinajstić information content (AvgIpc) is 3.29. The second-order valence-electron chi connectivity index (χ2n) is 5.34. The zero-order valence-corrected chi connectivity index (χ0v) is 11.6. The van der Waals surface area contributed by atoms with Crippen molar-refractivity contribution >= 4 is 5.91 Å². The van der Waals surface area contributed by atoms with E-state index in [4.69, 9.17) is 0 Å². The first kappa shape index (κ1) is 14.4. The lowest BCUT2D eigenvalue weighted by Crippen LogP contribution is -2.40. The van der Waals surface area contributed by atoms with Gasteiger partial charge in [-0.2, -0.15) is 9.78 Å². The quantitative estimate of drug-likeness (QED) is 0.867. The summed E-state index contributed by atoms with van der Waals surface area (Å²) in [6.07, 6.45) is 1.43. The summed E-state index contributed by atoms with van der Waals surface area (Å²) in [6, 6.07) is 7.78. The van der Waals surface area contributed by atoms with Crippen molar-refractivity contribution in [2.45, 2.75) is 18.4 Å². The predicted octanol–water partition coefficient (Wildman–Crippen LogP) is 0.626. The molecule has 0 radical (unpaired) electrons.